The molecular weight excluding hydrogens is 280 g/mol. The minimum Gasteiger partial charge on any atom is -0.312 e. The van der Waals surface area contributed by atoms with Gasteiger partial charge in [-0.25, -0.2) is 8.42 Å². The SMILES string of the molecule is CCNCc1ccc(S(=O)(=O)N2CC=C(C)CC2)s1. The van der Waals surface area contributed by atoms with Crippen LogP contribution in [0.2, 0.25) is 0 Å². The highest BCUT2D eigenvalue weighted by atomic mass is 32.2. The summed E-state index contributed by atoms with van der Waals surface area (Å²) in [5, 5.41) is 3.21. The molecule has 2 rings (SSSR count). The minimum atomic E-state index is -3.31. The fourth-order valence-electron chi connectivity index (χ4n) is 1.94. The Labute approximate surface area is 119 Å². The van der Waals surface area contributed by atoms with E-state index >= 15 is 0 Å². The van der Waals surface area contributed by atoms with Crippen molar-refractivity contribution in [3.63, 3.8) is 0 Å². The molecule has 0 spiro atoms. The zero-order valence-electron chi connectivity index (χ0n) is 11.3. The fraction of sp³-hybridized carbons (Fsp3) is 0.538. The first-order valence-corrected chi connectivity index (χ1v) is 8.75. The quantitative estimate of drug-likeness (QED) is 0.848. The Kier molecular flexibility index (Phi) is 4.78. The molecule has 2 heterocycles. The molecule has 0 bridgehead atoms. The molecule has 1 aromatic heterocycles. The van der Waals surface area contributed by atoms with Gasteiger partial charge in [-0.2, -0.15) is 4.31 Å². The van der Waals surface area contributed by atoms with Crippen LogP contribution in [0.4, 0.5) is 0 Å². The molecule has 1 aromatic rings. The number of hydrogen-bond acceptors (Lipinski definition) is 4. The molecule has 0 saturated carbocycles. The number of hydrogen-bond donors (Lipinski definition) is 1. The monoisotopic (exact) mass is 300 g/mol. The normalized spacial score (nSPS) is 17.5. The number of nitrogens with one attached hydrogen (secondary N) is 1. The lowest BCUT2D eigenvalue weighted by molar-refractivity contribution is 0.433. The van der Waals surface area contributed by atoms with Gasteiger partial charge >= 0.3 is 0 Å². The van der Waals surface area contributed by atoms with Crippen LogP contribution in [0, 0.1) is 0 Å². The van der Waals surface area contributed by atoms with E-state index in [2.05, 4.69) is 5.32 Å². The molecule has 0 radical (unpaired) electrons. The summed E-state index contributed by atoms with van der Waals surface area (Å²) < 4.78 is 26.9. The highest BCUT2D eigenvalue weighted by Crippen LogP contribution is 2.26. The molecule has 0 aliphatic carbocycles. The average molecular weight is 300 g/mol. The second-order valence-corrected chi connectivity index (χ2v) is 8.00. The average Bonchev–Trinajstić information content (AvgIpc) is 2.86. The molecule has 0 atom stereocenters. The Bertz CT molecular complexity index is 561. The summed E-state index contributed by atoms with van der Waals surface area (Å²) >= 11 is 1.36. The molecule has 6 heteroatoms. The first-order valence-electron chi connectivity index (χ1n) is 6.49. The van der Waals surface area contributed by atoms with Crippen molar-refractivity contribution in [3.8, 4) is 0 Å². The van der Waals surface area contributed by atoms with E-state index in [1.54, 1.807) is 10.4 Å². The van der Waals surface area contributed by atoms with Crippen molar-refractivity contribution in [2.24, 2.45) is 0 Å². The largest absolute Gasteiger partial charge is 0.312 e. The molecule has 0 aromatic carbocycles. The zero-order chi connectivity index (χ0) is 13.9. The second-order valence-electron chi connectivity index (χ2n) is 4.66. The lowest BCUT2D eigenvalue weighted by Crippen LogP contribution is -2.34. The van der Waals surface area contributed by atoms with Gasteiger partial charge in [0.15, 0.2) is 0 Å². The maximum Gasteiger partial charge on any atom is 0.252 e. The van der Waals surface area contributed by atoms with Crippen LogP contribution in [-0.2, 0) is 16.6 Å². The van der Waals surface area contributed by atoms with Crippen LogP contribution in [0.1, 0.15) is 25.1 Å². The predicted molar refractivity (Wildman–Crippen MR) is 78.8 cm³/mol. The highest BCUT2D eigenvalue weighted by Gasteiger charge is 2.26. The van der Waals surface area contributed by atoms with E-state index in [9.17, 15) is 8.42 Å². The van der Waals surface area contributed by atoms with Crippen molar-refractivity contribution < 1.29 is 8.42 Å². The molecule has 0 amide bonds. The molecule has 1 N–H and O–H groups in total. The van der Waals surface area contributed by atoms with Gasteiger partial charge in [0, 0.05) is 24.5 Å². The Hall–Kier alpha value is -0.690. The van der Waals surface area contributed by atoms with Crippen LogP contribution < -0.4 is 5.32 Å². The van der Waals surface area contributed by atoms with Gasteiger partial charge < -0.3 is 5.32 Å². The van der Waals surface area contributed by atoms with E-state index in [0.717, 1.165) is 24.4 Å². The van der Waals surface area contributed by atoms with Crippen LogP contribution in [0.25, 0.3) is 0 Å². The van der Waals surface area contributed by atoms with Gasteiger partial charge in [0.1, 0.15) is 4.21 Å². The highest BCUT2D eigenvalue weighted by molar-refractivity contribution is 7.91. The van der Waals surface area contributed by atoms with Crippen LogP contribution in [0.5, 0.6) is 0 Å². The third kappa shape index (κ3) is 3.45. The van der Waals surface area contributed by atoms with Crippen molar-refractivity contribution >= 4 is 21.4 Å². The lowest BCUT2D eigenvalue weighted by Gasteiger charge is -2.23. The topological polar surface area (TPSA) is 49.4 Å². The van der Waals surface area contributed by atoms with Crippen LogP contribution in [-0.4, -0.2) is 32.4 Å². The second kappa shape index (κ2) is 6.17. The Morgan fingerprint density at radius 2 is 2.21 bits per heavy atom. The number of nitrogens with zero attached hydrogens (tertiary/aromatic N) is 1. The molecule has 4 nitrogen and oxygen atoms in total. The van der Waals surface area contributed by atoms with E-state index in [1.165, 1.54) is 16.9 Å². The molecule has 1 aliphatic rings. The molecule has 0 saturated heterocycles. The maximum absolute atomic E-state index is 12.5. The van der Waals surface area contributed by atoms with Crippen molar-refractivity contribution in [3.05, 3.63) is 28.7 Å². The number of sulfonamides is 1. The zero-order valence-corrected chi connectivity index (χ0v) is 13.0. The maximum atomic E-state index is 12.5. The third-order valence-electron chi connectivity index (χ3n) is 3.18. The van der Waals surface area contributed by atoms with Crippen molar-refractivity contribution in [2.45, 2.75) is 31.0 Å². The van der Waals surface area contributed by atoms with E-state index in [0.29, 0.717) is 17.3 Å². The van der Waals surface area contributed by atoms with Crippen LogP contribution in [0.15, 0.2) is 28.0 Å². The van der Waals surface area contributed by atoms with Gasteiger partial charge in [0.05, 0.1) is 0 Å². The van der Waals surface area contributed by atoms with Gasteiger partial charge in [0.25, 0.3) is 10.0 Å². The minimum absolute atomic E-state index is 0.452. The molecule has 19 heavy (non-hydrogen) atoms. The lowest BCUT2D eigenvalue weighted by atomic mass is 10.1. The summed E-state index contributed by atoms with van der Waals surface area (Å²) in [7, 11) is -3.31. The molecule has 0 unspecified atom stereocenters. The third-order valence-corrected chi connectivity index (χ3v) is 6.60. The van der Waals surface area contributed by atoms with Crippen LogP contribution >= 0.6 is 11.3 Å². The van der Waals surface area contributed by atoms with Crippen molar-refractivity contribution in [1.82, 2.24) is 9.62 Å². The Morgan fingerprint density at radius 3 is 2.84 bits per heavy atom. The smallest absolute Gasteiger partial charge is 0.252 e. The summed E-state index contributed by atoms with van der Waals surface area (Å²) in [5.41, 5.74) is 1.27. The molecule has 106 valence electrons. The van der Waals surface area contributed by atoms with Crippen molar-refractivity contribution in [2.75, 3.05) is 19.6 Å². The van der Waals surface area contributed by atoms with Crippen molar-refractivity contribution in [1.29, 1.82) is 0 Å². The van der Waals surface area contributed by atoms with Gasteiger partial charge in [-0.15, -0.1) is 11.3 Å². The summed E-state index contributed by atoms with van der Waals surface area (Å²) in [6.07, 6.45) is 2.82. The first kappa shape index (κ1) is 14.7. The molecule has 1 aliphatic heterocycles. The summed E-state index contributed by atoms with van der Waals surface area (Å²) in [6.45, 7) is 6.78. The fourth-order valence-corrected chi connectivity index (χ4v) is 4.80. The predicted octanol–water partition coefficient (Wildman–Crippen LogP) is 2.20. The van der Waals surface area contributed by atoms with Crippen LogP contribution in [0.3, 0.4) is 0 Å². The van der Waals surface area contributed by atoms with E-state index in [4.69, 9.17) is 0 Å². The van der Waals surface area contributed by atoms with Gasteiger partial charge in [-0.05, 0) is 32.0 Å². The number of rotatable bonds is 5. The van der Waals surface area contributed by atoms with Gasteiger partial charge in [0.2, 0.25) is 0 Å². The number of thiophene rings is 1. The standard InChI is InChI=1S/C13H20N2O2S2/c1-3-14-10-12-4-5-13(18-12)19(16,17)15-8-6-11(2)7-9-15/h4-6,14H,3,7-10H2,1-2H3. The summed E-state index contributed by atoms with van der Waals surface area (Å²) in [4.78, 5) is 1.06. The first-order chi connectivity index (χ1) is 9.04. The molecular formula is C13H20N2O2S2. The molecule has 0 fully saturated rings. The summed E-state index contributed by atoms with van der Waals surface area (Å²) in [5.74, 6) is 0. The Balaban J connectivity index is 2.13. The van der Waals surface area contributed by atoms with Gasteiger partial charge in [-0.1, -0.05) is 18.6 Å². The van der Waals surface area contributed by atoms with Gasteiger partial charge in [-0.3, -0.25) is 0 Å². The van der Waals surface area contributed by atoms with E-state index < -0.39 is 10.0 Å². The Morgan fingerprint density at radius 1 is 1.42 bits per heavy atom. The van der Waals surface area contributed by atoms with E-state index in [1.807, 2.05) is 26.0 Å². The van der Waals surface area contributed by atoms with E-state index in [-0.39, 0.29) is 0 Å². The summed E-state index contributed by atoms with van der Waals surface area (Å²) in [6, 6.07) is 3.61.